The highest BCUT2D eigenvalue weighted by Gasteiger charge is 2.36. The average Bonchev–Trinajstić information content (AvgIpc) is 2.78. The van der Waals surface area contributed by atoms with E-state index < -0.39 is 23.0 Å². The summed E-state index contributed by atoms with van der Waals surface area (Å²) in [5, 5.41) is 0. The fourth-order valence-electron chi connectivity index (χ4n) is 3.52. The molecule has 0 N–H and O–H groups in total. The summed E-state index contributed by atoms with van der Waals surface area (Å²) in [6, 6.07) is 15.2. The molecule has 0 unspecified atom stereocenters. The fraction of sp³-hybridized carbons (Fsp3) is 0.308. The minimum absolute atomic E-state index is 0.0414. The van der Waals surface area contributed by atoms with Crippen LogP contribution >= 0.6 is 0 Å². The van der Waals surface area contributed by atoms with Crippen molar-refractivity contribution in [2.75, 3.05) is 6.61 Å². The Bertz CT molecular complexity index is 1210. The van der Waals surface area contributed by atoms with Gasteiger partial charge in [0.2, 0.25) is 0 Å². The molecule has 1 heterocycles. The summed E-state index contributed by atoms with van der Waals surface area (Å²) in [7, 11) is 0. The number of unbranched alkanes of at least 4 members (excludes halogenated alkanes) is 1. The van der Waals surface area contributed by atoms with Gasteiger partial charge >= 0.3 is 6.18 Å². The number of pyridine rings is 1. The van der Waals surface area contributed by atoms with Gasteiger partial charge in [-0.2, -0.15) is 13.2 Å². The molecule has 0 aliphatic carbocycles. The Morgan fingerprint density at radius 2 is 1.76 bits per heavy atom. The number of alkyl halides is 3. The normalized spacial score (nSPS) is 11.4. The van der Waals surface area contributed by atoms with E-state index in [2.05, 4.69) is 11.8 Å². The predicted octanol–water partition coefficient (Wildman–Crippen LogP) is 6.76. The summed E-state index contributed by atoms with van der Waals surface area (Å²) < 4.78 is 47.8. The molecule has 0 amide bonds. The van der Waals surface area contributed by atoms with E-state index in [0.29, 0.717) is 18.8 Å². The van der Waals surface area contributed by atoms with Gasteiger partial charge in [-0.15, -0.1) is 0 Å². The molecule has 0 atom stereocenters. The monoisotopic (exact) mass is 454 g/mol. The lowest BCUT2D eigenvalue weighted by Gasteiger charge is -2.18. The number of aromatic nitrogens is 1. The van der Waals surface area contributed by atoms with Gasteiger partial charge < -0.3 is 9.30 Å². The van der Waals surface area contributed by atoms with Crippen LogP contribution < -0.4 is 5.56 Å². The number of benzene rings is 2. The van der Waals surface area contributed by atoms with E-state index in [1.165, 1.54) is 4.57 Å². The summed E-state index contributed by atoms with van der Waals surface area (Å²) in [4.78, 5) is 16.0. The van der Waals surface area contributed by atoms with Gasteiger partial charge in [0, 0.05) is 18.8 Å². The molecule has 0 saturated carbocycles. The highest BCUT2D eigenvalue weighted by atomic mass is 19.4. The predicted molar refractivity (Wildman–Crippen MR) is 122 cm³/mol. The highest BCUT2D eigenvalue weighted by Crippen LogP contribution is 2.37. The van der Waals surface area contributed by atoms with Crippen LogP contribution in [0.25, 0.3) is 16.1 Å². The molecular weight excluding hydrogens is 429 g/mol. The van der Waals surface area contributed by atoms with Crippen LogP contribution in [0.3, 0.4) is 0 Å². The van der Waals surface area contributed by atoms with Crippen molar-refractivity contribution >= 4 is 5.69 Å². The van der Waals surface area contributed by atoms with Gasteiger partial charge in [-0.25, -0.2) is 4.85 Å². The maximum absolute atomic E-state index is 13.6. The van der Waals surface area contributed by atoms with Crippen LogP contribution in [0.2, 0.25) is 0 Å². The van der Waals surface area contributed by atoms with Crippen LogP contribution in [0.15, 0.2) is 59.4 Å². The standard InChI is InChI=1S/C26H25F3N2O2/c1-4-5-13-33-17-20-11-9-19(10-12-20)16-31-23(21-8-6-7-18(2)14-21)15-22(26(27,28)29)24(30-3)25(31)32/h6-12,14-15H,4-5,13,16-17H2,1-2H3. The lowest BCUT2D eigenvalue weighted by molar-refractivity contribution is -0.136. The Labute approximate surface area is 191 Å². The van der Waals surface area contributed by atoms with Gasteiger partial charge in [-0.1, -0.05) is 61.4 Å². The van der Waals surface area contributed by atoms with Gasteiger partial charge in [0.25, 0.3) is 11.2 Å². The Morgan fingerprint density at radius 1 is 1.06 bits per heavy atom. The number of aryl methyl sites for hydroxylation is 1. The number of hydrogen-bond acceptors (Lipinski definition) is 2. The minimum Gasteiger partial charge on any atom is -0.377 e. The smallest absolute Gasteiger partial charge is 0.377 e. The van der Waals surface area contributed by atoms with Crippen LogP contribution in [0, 0.1) is 13.5 Å². The van der Waals surface area contributed by atoms with Gasteiger partial charge in [0.15, 0.2) is 0 Å². The van der Waals surface area contributed by atoms with E-state index in [1.54, 1.807) is 18.2 Å². The van der Waals surface area contributed by atoms with E-state index >= 15 is 0 Å². The molecule has 0 radical (unpaired) electrons. The van der Waals surface area contributed by atoms with Gasteiger partial charge in [0.1, 0.15) is 0 Å². The minimum atomic E-state index is -4.81. The maximum Gasteiger partial charge on any atom is 0.407 e. The van der Waals surface area contributed by atoms with Crippen molar-refractivity contribution in [3.63, 3.8) is 0 Å². The number of hydrogen-bond donors (Lipinski definition) is 0. The SMILES string of the molecule is [C-]#[N+]c1c(C(F)(F)F)cc(-c2cccc(C)c2)n(Cc2ccc(COCCCC)cc2)c1=O. The highest BCUT2D eigenvalue weighted by molar-refractivity contribution is 5.66. The first-order valence-corrected chi connectivity index (χ1v) is 10.7. The van der Waals surface area contributed by atoms with E-state index in [-0.39, 0.29) is 12.2 Å². The number of rotatable bonds is 8. The van der Waals surface area contributed by atoms with Crippen LogP contribution in [-0.4, -0.2) is 11.2 Å². The maximum atomic E-state index is 13.6. The number of nitrogens with zero attached hydrogens (tertiary/aromatic N) is 2. The van der Waals surface area contributed by atoms with Crippen molar-refractivity contribution in [1.82, 2.24) is 4.57 Å². The molecule has 1 aromatic heterocycles. The summed E-state index contributed by atoms with van der Waals surface area (Å²) in [6.07, 6.45) is -2.77. The van der Waals surface area contributed by atoms with E-state index in [1.807, 2.05) is 37.3 Å². The summed E-state index contributed by atoms with van der Waals surface area (Å²) in [5.41, 5.74) is 0.0691. The molecule has 0 bridgehead atoms. The van der Waals surface area contributed by atoms with E-state index in [0.717, 1.165) is 35.6 Å². The molecule has 0 aliphatic heterocycles. The fourth-order valence-corrected chi connectivity index (χ4v) is 3.52. The zero-order valence-electron chi connectivity index (χ0n) is 18.6. The third-order valence-electron chi connectivity index (χ3n) is 5.28. The van der Waals surface area contributed by atoms with Crippen molar-refractivity contribution in [1.29, 1.82) is 0 Å². The third kappa shape index (κ3) is 5.91. The summed E-state index contributed by atoms with van der Waals surface area (Å²) in [5.74, 6) is 0. The van der Waals surface area contributed by atoms with Crippen molar-refractivity contribution in [2.45, 2.75) is 46.0 Å². The van der Waals surface area contributed by atoms with Crippen LogP contribution in [0.5, 0.6) is 0 Å². The van der Waals surface area contributed by atoms with Crippen molar-refractivity contribution in [3.8, 4) is 11.3 Å². The first-order chi connectivity index (χ1) is 15.7. The van der Waals surface area contributed by atoms with Crippen LogP contribution in [0.4, 0.5) is 18.9 Å². The van der Waals surface area contributed by atoms with Crippen LogP contribution in [0.1, 0.15) is 42.0 Å². The lowest BCUT2D eigenvalue weighted by atomic mass is 10.0. The van der Waals surface area contributed by atoms with Gasteiger partial charge in [0.05, 0.1) is 18.7 Å². The quantitative estimate of drug-likeness (QED) is 0.279. The largest absolute Gasteiger partial charge is 0.407 e. The molecular formula is C26H25F3N2O2. The van der Waals surface area contributed by atoms with Crippen molar-refractivity contribution in [2.24, 2.45) is 0 Å². The molecule has 2 aromatic carbocycles. The Hall–Kier alpha value is -3.37. The van der Waals surface area contributed by atoms with Gasteiger partial charge in [-0.3, -0.25) is 4.79 Å². The molecule has 33 heavy (non-hydrogen) atoms. The number of ether oxygens (including phenoxy) is 1. The summed E-state index contributed by atoms with van der Waals surface area (Å²) >= 11 is 0. The van der Waals surface area contributed by atoms with Crippen molar-refractivity contribution in [3.05, 3.63) is 98.6 Å². The van der Waals surface area contributed by atoms with E-state index in [9.17, 15) is 18.0 Å². The molecule has 3 aromatic rings. The Morgan fingerprint density at radius 3 is 2.36 bits per heavy atom. The second kappa shape index (κ2) is 10.5. The molecule has 0 spiro atoms. The van der Waals surface area contributed by atoms with Crippen LogP contribution in [-0.2, 0) is 24.1 Å². The molecule has 3 rings (SSSR count). The molecule has 0 fully saturated rings. The second-order valence-electron chi connectivity index (χ2n) is 7.88. The zero-order chi connectivity index (χ0) is 24.0. The first kappa shape index (κ1) is 24.3. The molecule has 4 nitrogen and oxygen atoms in total. The first-order valence-electron chi connectivity index (χ1n) is 10.7. The Balaban J connectivity index is 2.03. The molecule has 0 aliphatic rings. The Kier molecular flexibility index (Phi) is 7.72. The van der Waals surface area contributed by atoms with Gasteiger partial charge in [-0.05, 0) is 42.2 Å². The lowest BCUT2D eigenvalue weighted by Crippen LogP contribution is -2.25. The second-order valence-corrected chi connectivity index (χ2v) is 7.88. The van der Waals surface area contributed by atoms with Crippen molar-refractivity contribution < 1.29 is 17.9 Å². The number of halogens is 3. The average molecular weight is 454 g/mol. The molecule has 0 saturated heterocycles. The molecule has 172 valence electrons. The van der Waals surface area contributed by atoms with E-state index in [4.69, 9.17) is 11.3 Å². The summed E-state index contributed by atoms with van der Waals surface area (Å²) in [6.45, 7) is 12.3. The third-order valence-corrected chi connectivity index (χ3v) is 5.28. The molecule has 7 heteroatoms. The zero-order valence-corrected chi connectivity index (χ0v) is 18.6. The topological polar surface area (TPSA) is 35.6 Å².